The Morgan fingerprint density at radius 1 is 1.21 bits per heavy atom. The topological polar surface area (TPSA) is 79.2 Å². The molecule has 9 heteroatoms. The van der Waals surface area contributed by atoms with Crippen LogP contribution in [-0.4, -0.2) is 62.2 Å². The maximum Gasteiger partial charge on any atom is 0.322 e. The Bertz CT molecular complexity index is 892. The summed E-state index contributed by atoms with van der Waals surface area (Å²) < 4.78 is 1.59. The third kappa shape index (κ3) is 5.61. The Morgan fingerprint density at radius 2 is 2.03 bits per heavy atom. The normalized spacial score (nSPS) is 11.0. The minimum atomic E-state index is -0.114. The van der Waals surface area contributed by atoms with Crippen LogP contribution in [0.4, 0.5) is 10.5 Å². The number of carbonyl (C=O) groups is 1. The molecule has 0 unspecified atom stereocenters. The summed E-state index contributed by atoms with van der Waals surface area (Å²) in [6, 6.07) is 9.69. The number of urea groups is 1. The van der Waals surface area contributed by atoms with Crippen molar-refractivity contribution < 1.29 is 4.79 Å². The maximum absolute atomic E-state index is 13.1. The first kappa shape index (κ1) is 20.9. The van der Waals surface area contributed by atoms with Gasteiger partial charge in [0.2, 0.25) is 0 Å². The minimum absolute atomic E-state index is 0.114. The van der Waals surface area contributed by atoms with E-state index in [0.717, 1.165) is 35.8 Å². The quantitative estimate of drug-likeness (QED) is 0.582. The number of amides is 2. The summed E-state index contributed by atoms with van der Waals surface area (Å²) in [5.74, 6) is 0. The van der Waals surface area contributed by atoms with Crippen molar-refractivity contribution in [2.75, 3.05) is 31.5 Å². The number of aryl methyl sites for hydroxylation is 1. The molecule has 0 fully saturated rings. The Morgan fingerprint density at radius 3 is 2.69 bits per heavy atom. The number of nitrogens with one attached hydrogen (secondary N) is 1. The predicted molar refractivity (Wildman–Crippen MR) is 115 cm³/mol. The Labute approximate surface area is 175 Å². The molecule has 0 bridgehead atoms. The van der Waals surface area contributed by atoms with Crippen LogP contribution in [0.25, 0.3) is 5.69 Å². The number of aromatic nitrogens is 4. The number of rotatable bonds is 9. The lowest BCUT2D eigenvalue weighted by Crippen LogP contribution is -2.40. The van der Waals surface area contributed by atoms with Crippen molar-refractivity contribution in [3.8, 4) is 5.69 Å². The van der Waals surface area contributed by atoms with Gasteiger partial charge >= 0.3 is 6.03 Å². The molecule has 2 amide bonds. The Kier molecular flexibility index (Phi) is 7.31. The molecule has 154 valence electrons. The fourth-order valence-corrected chi connectivity index (χ4v) is 3.77. The van der Waals surface area contributed by atoms with Crippen molar-refractivity contribution in [1.29, 1.82) is 0 Å². The van der Waals surface area contributed by atoms with E-state index in [0.29, 0.717) is 18.8 Å². The molecule has 2 heterocycles. The van der Waals surface area contributed by atoms with Crippen molar-refractivity contribution in [3.63, 3.8) is 0 Å². The molecule has 0 aliphatic heterocycles. The molecule has 0 saturated carbocycles. The Balaban J connectivity index is 1.74. The molecule has 0 aliphatic rings. The van der Waals surface area contributed by atoms with Gasteiger partial charge in [-0.2, -0.15) is 0 Å². The Hall–Kier alpha value is -2.78. The van der Waals surface area contributed by atoms with Gasteiger partial charge in [-0.05, 0) is 59.6 Å². The van der Waals surface area contributed by atoms with Gasteiger partial charge < -0.3 is 15.1 Å². The lowest BCUT2D eigenvalue weighted by atomic mass is 10.2. The average molecular weight is 414 g/mol. The second-order valence-electron chi connectivity index (χ2n) is 6.71. The summed E-state index contributed by atoms with van der Waals surface area (Å²) in [7, 11) is 0. The summed E-state index contributed by atoms with van der Waals surface area (Å²) in [4.78, 5) is 18.4. The number of benzene rings is 1. The molecule has 0 radical (unpaired) electrons. The second kappa shape index (κ2) is 10.1. The van der Waals surface area contributed by atoms with Crippen LogP contribution in [-0.2, 0) is 6.54 Å². The van der Waals surface area contributed by atoms with Crippen molar-refractivity contribution in [1.82, 2.24) is 30.0 Å². The summed E-state index contributed by atoms with van der Waals surface area (Å²) in [6.07, 6.45) is 1.54. The summed E-state index contributed by atoms with van der Waals surface area (Å²) in [6.45, 7) is 10.3. The van der Waals surface area contributed by atoms with Gasteiger partial charge in [-0.3, -0.25) is 0 Å². The summed E-state index contributed by atoms with van der Waals surface area (Å²) in [5.41, 5.74) is 2.57. The number of hydrogen-bond donors (Lipinski definition) is 1. The molecule has 1 aromatic carbocycles. The maximum atomic E-state index is 13.1. The largest absolute Gasteiger partial charge is 0.322 e. The van der Waals surface area contributed by atoms with E-state index >= 15 is 0 Å². The molecule has 3 rings (SSSR count). The van der Waals surface area contributed by atoms with E-state index < -0.39 is 0 Å². The van der Waals surface area contributed by atoms with Crippen molar-refractivity contribution in [2.45, 2.75) is 27.3 Å². The predicted octanol–water partition coefficient (Wildman–Crippen LogP) is 3.41. The van der Waals surface area contributed by atoms with Crippen LogP contribution >= 0.6 is 11.3 Å². The lowest BCUT2D eigenvalue weighted by Gasteiger charge is -2.26. The van der Waals surface area contributed by atoms with E-state index in [1.165, 1.54) is 0 Å². The highest BCUT2D eigenvalue weighted by Crippen LogP contribution is 2.19. The standard InChI is InChI=1S/C20H27N7OS/c1-4-25(5-2)10-11-26(14-18-7-6-12-29-18)20(28)22-17-9-8-16(3)19(13-17)27-15-21-23-24-27/h6-9,12-13,15H,4-5,10-11,14H2,1-3H3,(H,22,28). The van der Waals surface area contributed by atoms with Gasteiger partial charge in [0.05, 0.1) is 12.2 Å². The van der Waals surface area contributed by atoms with E-state index in [-0.39, 0.29) is 6.03 Å². The molecule has 8 nitrogen and oxygen atoms in total. The zero-order valence-corrected chi connectivity index (χ0v) is 17.9. The third-order valence-corrected chi connectivity index (χ3v) is 5.71. The highest BCUT2D eigenvalue weighted by Gasteiger charge is 2.16. The van der Waals surface area contributed by atoms with Crippen LogP contribution in [0.2, 0.25) is 0 Å². The zero-order valence-electron chi connectivity index (χ0n) is 17.1. The van der Waals surface area contributed by atoms with E-state index in [9.17, 15) is 4.79 Å². The average Bonchev–Trinajstić information content (AvgIpc) is 3.43. The monoisotopic (exact) mass is 413 g/mol. The SMILES string of the molecule is CCN(CC)CCN(Cc1cccs1)C(=O)Nc1ccc(C)c(-n2cnnn2)c1. The number of thiophene rings is 1. The molecule has 0 aliphatic carbocycles. The van der Waals surface area contributed by atoms with Crippen LogP contribution in [0.5, 0.6) is 0 Å². The van der Waals surface area contributed by atoms with Gasteiger partial charge in [-0.25, -0.2) is 9.48 Å². The number of likely N-dealkylation sites (N-methyl/N-ethyl adjacent to an activating group) is 1. The van der Waals surface area contributed by atoms with E-state index in [2.05, 4.69) is 45.7 Å². The minimum Gasteiger partial charge on any atom is -0.318 e. The highest BCUT2D eigenvalue weighted by molar-refractivity contribution is 7.09. The smallest absolute Gasteiger partial charge is 0.318 e. The van der Waals surface area contributed by atoms with Gasteiger partial charge in [0.15, 0.2) is 0 Å². The van der Waals surface area contributed by atoms with Crippen LogP contribution in [0.15, 0.2) is 42.0 Å². The van der Waals surface area contributed by atoms with E-state index in [4.69, 9.17) is 0 Å². The number of hydrogen-bond acceptors (Lipinski definition) is 6. The van der Waals surface area contributed by atoms with Crippen LogP contribution in [0, 0.1) is 6.92 Å². The third-order valence-electron chi connectivity index (χ3n) is 4.85. The fraction of sp³-hybridized carbons (Fsp3) is 0.400. The molecule has 0 saturated heterocycles. The van der Waals surface area contributed by atoms with Gasteiger partial charge in [0.1, 0.15) is 6.33 Å². The van der Waals surface area contributed by atoms with Gasteiger partial charge in [-0.1, -0.05) is 26.0 Å². The number of tetrazole rings is 1. The van der Waals surface area contributed by atoms with Gasteiger partial charge in [-0.15, -0.1) is 16.4 Å². The molecule has 2 aromatic heterocycles. The summed E-state index contributed by atoms with van der Waals surface area (Å²) in [5, 5.41) is 16.4. The van der Waals surface area contributed by atoms with E-state index in [1.807, 2.05) is 41.5 Å². The van der Waals surface area contributed by atoms with Crippen molar-refractivity contribution in [2.24, 2.45) is 0 Å². The number of nitrogens with zero attached hydrogens (tertiary/aromatic N) is 6. The summed E-state index contributed by atoms with van der Waals surface area (Å²) >= 11 is 1.66. The molecular weight excluding hydrogens is 386 g/mol. The van der Waals surface area contributed by atoms with Crippen LogP contribution in [0.1, 0.15) is 24.3 Å². The fourth-order valence-electron chi connectivity index (χ4n) is 3.05. The molecule has 1 N–H and O–H groups in total. The molecule has 29 heavy (non-hydrogen) atoms. The molecule has 0 atom stereocenters. The van der Waals surface area contributed by atoms with Gasteiger partial charge in [0.25, 0.3) is 0 Å². The first-order valence-electron chi connectivity index (χ1n) is 9.75. The van der Waals surface area contributed by atoms with Crippen molar-refractivity contribution >= 4 is 23.1 Å². The molecule has 3 aromatic rings. The second-order valence-corrected chi connectivity index (χ2v) is 7.75. The highest BCUT2D eigenvalue weighted by atomic mass is 32.1. The van der Waals surface area contributed by atoms with Gasteiger partial charge in [0, 0.05) is 23.7 Å². The number of anilines is 1. The zero-order chi connectivity index (χ0) is 20.6. The molecule has 0 spiro atoms. The lowest BCUT2D eigenvalue weighted by molar-refractivity contribution is 0.195. The number of carbonyl (C=O) groups excluding carboxylic acids is 1. The molecular formula is C20H27N7OS. The first-order valence-corrected chi connectivity index (χ1v) is 10.6. The van der Waals surface area contributed by atoms with Crippen molar-refractivity contribution in [3.05, 3.63) is 52.5 Å². The van der Waals surface area contributed by atoms with E-state index in [1.54, 1.807) is 22.3 Å². The van der Waals surface area contributed by atoms with Crippen LogP contribution in [0.3, 0.4) is 0 Å². The first-order chi connectivity index (χ1) is 14.1. The van der Waals surface area contributed by atoms with Crippen LogP contribution < -0.4 is 5.32 Å².